The van der Waals surface area contributed by atoms with Crippen LogP contribution in [0, 0.1) is 0 Å². The molecular weight excluding hydrogens is 304 g/mol. The molecule has 0 radical (unpaired) electrons. The average molecular weight is 315 g/mol. The molecule has 2 N–H and O–H groups in total. The molecular formula is C12H11F6NO2. The van der Waals surface area contributed by atoms with Gasteiger partial charge < -0.3 is 10.4 Å². The van der Waals surface area contributed by atoms with Gasteiger partial charge in [0.1, 0.15) is 0 Å². The number of carboxylic acids is 1. The zero-order valence-corrected chi connectivity index (χ0v) is 10.4. The molecule has 9 heteroatoms. The Bertz CT molecular complexity index is 493. The first-order chi connectivity index (χ1) is 9.51. The van der Waals surface area contributed by atoms with Gasteiger partial charge in [0.2, 0.25) is 0 Å². The summed E-state index contributed by atoms with van der Waals surface area (Å²) >= 11 is 0. The first-order valence-electron chi connectivity index (χ1n) is 5.70. The van der Waals surface area contributed by atoms with Crippen LogP contribution < -0.4 is 5.32 Å². The van der Waals surface area contributed by atoms with Crippen LogP contribution in [0.2, 0.25) is 0 Å². The highest BCUT2D eigenvalue weighted by molar-refractivity contribution is 5.73. The predicted octanol–water partition coefficient (Wildman–Crippen LogP) is 3.03. The molecule has 1 saturated heterocycles. The molecule has 2 rings (SSSR count). The predicted molar refractivity (Wildman–Crippen MR) is 60.7 cm³/mol. The third-order valence-electron chi connectivity index (χ3n) is 2.71. The van der Waals surface area contributed by atoms with E-state index in [4.69, 9.17) is 9.90 Å². The molecule has 3 nitrogen and oxygen atoms in total. The highest BCUT2D eigenvalue weighted by atomic mass is 19.4. The van der Waals surface area contributed by atoms with Gasteiger partial charge in [-0.1, -0.05) is 18.2 Å². The minimum atomic E-state index is -5.08. The van der Waals surface area contributed by atoms with Crippen LogP contribution in [0.1, 0.15) is 17.0 Å². The van der Waals surface area contributed by atoms with Gasteiger partial charge in [-0.2, -0.15) is 26.3 Å². The van der Waals surface area contributed by atoms with Crippen molar-refractivity contribution < 1.29 is 36.2 Å². The summed E-state index contributed by atoms with van der Waals surface area (Å²) in [5.41, 5.74) is 0.223. The van der Waals surface area contributed by atoms with Crippen LogP contribution in [-0.2, 0) is 11.0 Å². The number of hydrogen-bond acceptors (Lipinski definition) is 2. The zero-order valence-electron chi connectivity index (χ0n) is 10.4. The van der Waals surface area contributed by atoms with E-state index in [1.165, 1.54) is 12.1 Å². The topological polar surface area (TPSA) is 49.3 Å². The van der Waals surface area contributed by atoms with Crippen molar-refractivity contribution >= 4 is 5.97 Å². The van der Waals surface area contributed by atoms with Crippen molar-refractivity contribution in [2.24, 2.45) is 0 Å². The summed E-state index contributed by atoms with van der Waals surface area (Å²) in [5.74, 6) is -2.51. The number of aliphatic carboxylic acids is 1. The van der Waals surface area contributed by atoms with Crippen molar-refractivity contribution in [3.63, 3.8) is 0 Å². The van der Waals surface area contributed by atoms with E-state index >= 15 is 0 Å². The monoisotopic (exact) mass is 315 g/mol. The zero-order chi connectivity index (χ0) is 16.3. The number of benzene rings is 1. The summed E-state index contributed by atoms with van der Waals surface area (Å²) < 4.78 is 68.7. The molecule has 0 amide bonds. The van der Waals surface area contributed by atoms with E-state index in [-0.39, 0.29) is 5.92 Å². The molecule has 1 heterocycles. The number of hydrogen-bond donors (Lipinski definition) is 2. The number of carboxylic acid groups (broad SMARTS) is 1. The molecule has 1 aliphatic rings. The fraction of sp³-hybridized carbons (Fsp3) is 0.417. The number of rotatable bonds is 1. The van der Waals surface area contributed by atoms with Crippen molar-refractivity contribution in [3.8, 4) is 0 Å². The Kier molecular flexibility index (Phi) is 5.21. The van der Waals surface area contributed by atoms with Crippen molar-refractivity contribution in [1.29, 1.82) is 0 Å². The number of carbonyl (C=O) groups is 1. The molecule has 0 aromatic heterocycles. The summed E-state index contributed by atoms with van der Waals surface area (Å²) in [6, 6.07) is 5.57. The molecule has 1 aromatic rings. The van der Waals surface area contributed by atoms with Crippen molar-refractivity contribution in [2.75, 3.05) is 13.1 Å². The van der Waals surface area contributed by atoms with Crippen molar-refractivity contribution in [1.82, 2.24) is 5.32 Å². The van der Waals surface area contributed by atoms with Crippen LogP contribution >= 0.6 is 0 Å². The quantitative estimate of drug-likeness (QED) is 0.783. The summed E-state index contributed by atoms with van der Waals surface area (Å²) in [6.45, 7) is 1.56. The largest absolute Gasteiger partial charge is 0.490 e. The lowest BCUT2D eigenvalue weighted by Crippen LogP contribution is -2.39. The number of alkyl halides is 6. The van der Waals surface area contributed by atoms with E-state index in [1.54, 1.807) is 6.07 Å². The molecule has 0 spiro atoms. The minimum Gasteiger partial charge on any atom is -0.475 e. The van der Waals surface area contributed by atoms with E-state index in [0.717, 1.165) is 24.7 Å². The second-order valence-electron chi connectivity index (χ2n) is 4.28. The Hall–Kier alpha value is -1.77. The Balaban J connectivity index is 0.000000270. The SMILES string of the molecule is FC(F)(F)c1cccc(C2CNC2)c1.O=C(O)C(F)(F)F. The summed E-state index contributed by atoms with van der Waals surface area (Å²) in [6.07, 6.45) is -9.31. The average Bonchev–Trinajstić information content (AvgIpc) is 2.25. The van der Waals surface area contributed by atoms with E-state index in [2.05, 4.69) is 5.32 Å². The van der Waals surface area contributed by atoms with Gasteiger partial charge in [0.05, 0.1) is 5.56 Å². The third-order valence-corrected chi connectivity index (χ3v) is 2.71. The first kappa shape index (κ1) is 17.3. The van der Waals surface area contributed by atoms with Crippen LogP contribution in [0.25, 0.3) is 0 Å². The van der Waals surface area contributed by atoms with E-state index in [0.29, 0.717) is 0 Å². The van der Waals surface area contributed by atoms with Gasteiger partial charge in [-0.25, -0.2) is 4.79 Å². The lowest BCUT2D eigenvalue weighted by molar-refractivity contribution is -0.192. The smallest absolute Gasteiger partial charge is 0.475 e. The Labute approximate surface area is 115 Å². The van der Waals surface area contributed by atoms with Crippen LogP contribution in [-0.4, -0.2) is 30.3 Å². The molecule has 21 heavy (non-hydrogen) atoms. The van der Waals surface area contributed by atoms with Crippen LogP contribution in [0.5, 0.6) is 0 Å². The van der Waals surface area contributed by atoms with Crippen LogP contribution in [0.3, 0.4) is 0 Å². The molecule has 1 aromatic carbocycles. The van der Waals surface area contributed by atoms with Gasteiger partial charge in [0.25, 0.3) is 0 Å². The standard InChI is InChI=1S/C10H10F3N.C2HF3O2/c11-10(12,13)9-3-1-2-7(4-9)8-5-14-6-8;3-2(4,5)1(6)7/h1-4,8,14H,5-6H2;(H,6,7). The van der Waals surface area contributed by atoms with Gasteiger partial charge >= 0.3 is 18.3 Å². The van der Waals surface area contributed by atoms with Gasteiger partial charge in [0, 0.05) is 19.0 Å². The normalized spacial score (nSPS) is 15.7. The van der Waals surface area contributed by atoms with Gasteiger partial charge in [-0.3, -0.25) is 0 Å². The molecule has 0 atom stereocenters. The maximum atomic E-state index is 12.3. The molecule has 0 unspecified atom stereocenters. The van der Waals surface area contributed by atoms with E-state index < -0.39 is 23.9 Å². The minimum absolute atomic E-state index is 0.247. The maximum Gasteiger partial charge on any atom is 0.490 e. The molecule has 0 bridgehead atoms. The van der Waals surface area contributed by atoms with Gasteiger partial charge in [-0.15, -0.1) is 0 Å². The third kappa shape index (κ3) is 5.25. The van der Waals surface area contributed by atoms with Crippen molar-refractivity contribution in [3.05, 3.63) is 35.4 Å². The highest BCUT2D eigenvalue weighted by Gasteiger charge is 2.38. The summed E-state index contributed by atoms with van der Waals surface area (Å²) in [4.78, 5) is 8.90. The molecule has 1 fully saturated rings. The summed E-state index contributed by atoms with van der Waals surface area (Å²) in [5, 5.41) is 10.2. The molecule has 0 saturated carbocycles. The first-order valence-corrected chi connectivity index (χ1v) is 5.70. The van der Waals surface area contributed by atoms with E-state index in [1.807, 2.05) is 0 Å². The number of halogens is 6. The highest BCUT2D eigenvalue weighted by Crippen LogP contribution is 2.31. The van der Waals surface area contributed by atoms with E-state index in [9.17, 15) is 26.3 Å². The Morgan fingerprint density at radius 1 is 1.14 bits per heavy atom. The molecule has 118 valence electrons. The lowest BCUT2D eigenvalue weighted by atomic mass is 9.92. The second-order valence-corrected chi connectivity index (χ2v) is 4.28. The Morgan fingerprint density at radius 3 is 2.00 bits per heavy atom. The van der Waals surface area contributed by atoms with Crippen LogP contribution in [0.4, 0.5) is 26.3 Å². The Morgan fingerprint density at radius 2 is 1.67 bits per heavy atom. The molecule has 0 aliphatic carbocycles. The van der Waals surface area contributed by atoms with Crippen LogP contribution in [0.15, 0.2) is 24.3 Å². The van der Waals surface area contributed by atoms with Gasteiger partial charge in [0.15, 0.2) is 0 Å². The summed E-state index contributed by atoms with van der Waals surface area (Å²) in [7, 11) is 0. The fourth-order valence-electron chi connectivity index (χ4n) is 1.49. The second kappa shape index (κ2) is 6.33. The number of nitrogens with one attached hydrogen (secondary N) is 1. The van der Waals surface area contributed by atoms with Crippen molar-refractivity contribution in [2.45, 2.75) is 18.3 Å². The maximum absolute atomic E-state index is 12.3. The lowest BCUT2D eigenvalue weighted by Gasteiger charge is -2.27. The fourth-order valence-corrected chi connectivity index (χ4v) is 1.49. The molecule has 1 aliphatic heterocycles. The van der Waals surface area contributed by atoms with Gasteiger partial charge in [-0.05, 0) is 11.6 Å².